The van der Waals surface area contributed by atoms with Gasteiger partial charge in [-0.15, -0.1) is 0 Å². The molecule has 0 aromatic heterocycles. The number of halogens is 1. The van der Waals surface area contributed by atoms with Gasteiger partial charge < -0.3 is 15.4 Å². The number of nitrogens with one attached hydrogen (secondary N) is 2. The third-order valence-electron chi connectivity index (χ3n) is 2.33. The minimum Gasteiger partial charge on any atom is -0.453 e. The first kappa shape index (κ1) is 14.0. The summed E-state index contributed by atoms with van der Waals surface area (Å²) in [7, 11) is 1.20. The summed E-state index contributed by atoms with van der Waals surface area (Å²) < 4.78 is 17.8. The standard InChI is InChI=1S/C12H15FN2O3/c1-3-8-9(13)5-4-6-10(8)15-11(16)7-14-12(17)18-2/h4-6H,3,7H2,1-2H3,(H,14,17)(H,15,16). The Labute approximate surface area is 104 Å². The Kier molecular flexibility index (Phi) is 5.10. The van der Waals surface area contributed by atoms with E-state index in [1.54, 1.807) is 13.0 Å². The number of carbonyl (C=O) groups excluding carboxylic acids is 2. The van der Waals surface area contributed by atoms with Crippen molar-refractivity contribution in [2.24, 2.45) is 0 Å². The van der Waals surface area contributed by atoms with Crippen LogP contribution in [0.15, 0.2) is 18.2 Å². The molecule has 1 aromatic rings. The normalized spacial score (nSPS) is 9.72. The Hall–Kier alpha value is -2.11. The Bertz CT molecular complexity index is 449. The lowest BCUT2D eigenvalue weighted by Gasteiger charge is -2.10. The molecule has 5 nitrogen and oxygen atoms in total. The van der Waals surface area contributed by atoms with Gasteiger partial charge in [-0.1, -0.05) is 13.0 Å². The van der Waals surface area contributed by atoms with E-state index in [4.69, 9.17) is 0 Å². The fourth-order valence-corrected chi connectivity index (χ4v) is 1.45. The molecule has 98 valence electrons. The first-order valence-electron chi connectivity index (χ1n) is 5.47. The fraction of sp³-hybridized carbons (Fsp3) is 0.333. The topological polar surface area (TPSA) is 67.4 Å². The molecule has 0 heterocycles. The molecule has 0 saturated carbocycles. The van der Waals surface area contributed by atoms with Crippen LogP contribution in [0.3, 0.4) is 0 Å². The lowest BCUT2D eigenvalue weighted by atomic mass is 10.1. The van der Waals surface area contributed by atoms with Crippen LogP contribution in [0.4, 0.5) is 14.9 Å². The summed E-state index contributed by atoms with van der Waals surface area (Å²) in [4.78, 5) is 22.3. The Morgan fingerprint density at radius 1 is 1.39 bits per heavy atom. The second kappa shape index (κ2) is 6.58. The molecule has 2 N–H and O–H groups in total. The minimum atomic E-state index is -0.694. The lowest BCUT2D eigenvalue weighted by molar-refractivity contribution is -0.115. The largest absolute Gasteiger partial charge is 0.453 e. The van der Waals surface area contributed by atoms with Gasteiger partial charge in [0.1, 0.15) is 12.4 Å². The smallest absolute Gasteiger partial charge is 0.407 e. The zero-order valence-corrected chi connectivity index (χ0v) is 10.2. The number of methoxy groups -OCH3 is 1. The van der Waals surface area contributed by atoms with Crippen molar-refractivity contribution >= 4 is 17.7 Å². The molecule has 18 heavy (non-hydrogen) atoms. The molecule has 2 amide bonds. The summed E-state index contributed by atoms with van der Waals surface area (Å²) in [6.45, 7) is 1.56. The first-order valence-corrected chi connectivity index (χ1v) is 5.47. The van der Waals surface area contributed by atoms with Crippen molar-refractivity contribution in [1.82, 2.24) is 5.32 Å². The molecule has 0 spiro atoms. The van der Waals surface area contributed by atoms with Gasteiger partial charge in [0.25, 0.3) is 0 Å². The highest BCUT2D eigenvalue weighted by Crippen LogP contribution is 2.19. The second-order valence-corrected chi connectivity index (χ2v) is 3.51. The van der Waals surface area contributed by atoms with Gasteiger partial charge in [0.2, 0.25) is 5.91 Å². The van der Waals surface area contributed by atoms with Crippen LogP contribution in [-0.2, 0) is 16.0 Å². The van der Waals surface area contributed by atoms with Crippen molar-refractivity contribution < 1.29 is 18.7 Å². The highest BCUT2D eigenvalue weighted by molar-refractivity contribution is 5.94. The minimum absolute atomic E-state index is 0.230. The number of rotatable bonds is 4. The van der Waals surface area contributed by atoms with Gasteiger partial charge >= 0.3 is 6.09 Å². The van der Waals surface area contributed by atoms with Gasteiger partial charge in [0.15, 0.2) is 0 Å². The van der Waals surface area contributed by atoms with E-state index in [0.29, 0.717) is 17.7 Å². The Morgan fingerprint density at radius 2 is 2.11 bits per heavy atom. The zero-order chi connectivity index (χ0) is 13.5. The average molecular weight is 254 g/mol. The highest BCUT2D eigenvalue weighted by atomic mass is 19.1. The van der Waals surface area contributed by atoms with E-state index in [1.807, 2.05) is 0 Å². The number of hydrogen-bond acceptors (Lipinski definition) is 3. The molecule has 0 atom stereocenters. The summed E-state index contributed by atoms with van der Waals surface area (Å²) in [5, 5.41) is 4.77. The maximum Gasteiger partial charge on any atom is 0.407 e. The molecule has 0 aliphatic carbocycles. The van der Waals surface area contributed by atoms with Gasteiger partial charge in [0, 0.05) is 11.3 Å². The van der Waals surface area contributed by atoms with Gasteiger partial charge in [-0.25, -0.2) is 9.18 Å². The van der Waals surface area contributed by atoms with Gasteiger partial charge in [0.05, 0.1) is 7.11 Å². The van der Waals surface area contributed by atoms with E-state index in [1.165, 1.54) is 19.2 Å². The third-order valence-corrected chi connectivity index (χ3v) is 2.33. The quantitative estimate of drug-likeness (QED) is 0.859. The van der Waals surface area contributed by atoms with E-state index in [-0.39, 0.29) is 12.4 Å². The van der Waals surface area contributed by atoms with Crippen molar-refractivity contribution in [3.05, 3.63) is 29.6 Å². The SMILES string of the molecule is CCc1c(F)cccc1NC(=O)CNC(=O)OC. The van der Waals surface area contributed by atoms with Crippen LogP contribution < -0.4 is 10.6 Å². The van der Waals surface area contributed by atoms with Crippen LogP contribution >= 0.6 is 0 Å². The van der Waals surface area contributed by atoms with E-state index in [0.717, 1.165) is 0 Å². The summed E-state index contributed by atoms with van der Waals surface area (Å²) in [5.41, 5.74) is 0.845. The summed E-state index contributed by atoms with van der Waals surface area (Å²) in [6, 6.07) is 4.46. The molecule has 0 aliphatic heterocycles. The van der Waals surface area contributed by atoms with Crippen molar-refractivity contribution in [1.29, 1.82) is 0 Å². The fourth-order valence-electron chi connectivity index (χ4n) is 1.45. The molecule has 0 aliphatic rings. The van der Waals surface area contributed by atoms with Crippen LogP contribution in [0, 0.1) is 5.82 Å². The van der Waals surface area contributed by atoms with E-state index >= 15 is 0 Å². The molecule has 6 heteroatoms. The summed E-state index contributed by atoms with van der Waals surface area (Å²) in [5.74, 6) is -0.808. The average Bonchev–Trinajstić information content (AvgIpc) is 2.36. The Morgan fingerprint density at radius 3 is 2.72 bits per heavy atom. The summed E-state index contributed by atoms with van der Waals surface area (Å²) >= 11 is 0. The monoisotopic (exact) mass is 254 g/mol. The van der Waals surface area contributed by atoms with Crippen LogP contribution in [0.2, 0.25) is 0 Å². The number of ether oxygens (including phenoxy) is 1. The van der Waals surface area contributed by atoms with Crippen LogP contribution in [0.25, 0.3) is 0 Å². The van der Waals surface area contributed by atoms with Crippen molar-refractivity contribution in [2.45, 2.75) is 13.3 Å². The van der Waals surface area contributed by atoms with Crippen LogP contribution in [0.1, 0.15) is 12.5 Å². The predicted octanol–water partition coefficient (Wildman–Crippen LogP) is 1.68. The zero-order valence-electron chi connectivity index (χ0n) is 10.2. The summed E-state index contributed by atoms with van der Waals surface area (Å²) in [6.07, 6.45) is -0.229. The van der Waals surface area contributed by atoms with E-state index in [9.17, 15) is 14.0 Å². The van der Waals surface area contributed by atoms with Crippen molar-refractivity contribution in [2.75, 3.05) is 19.0 Å². The molecule has 1 rings (SSSR count). The second-order valence-electron chi connectivity index (χ2n) is 3.51. The highest BCUT2D eigenvalue weighted by Gasteiger charge is 2.10. The van der Waals surface area contributed by atoms with Crippen LogP contribution in [-0.4, -0.2) is 25.7 Å². The number of benzene rings is 1. The third kappa shape index (κ3) is 3.73. The van der Waals surface area contributed by atoms with E-state index < -0.39 is 12.0 Å². The number of alkyl carbamates (subject to hydrolysis) is 1. The number of hydrogen-bond donors (Lipinski definition) is 2. The molecule has 0 saturated heterocycles. The number of carbonyl (C=O) groups is 2. The van der Waals surface area contributed by atoms with Crippen molar-refractivity contribution in [3.63, 3.8) is 0 Å². The lowest BCUT2D eigenvalue weighted by Crippen LogP contribution is -2.32. The van der Waals surface area contributed by atoms with Crippen molar-refractivity contribution in [3.8, 4) is 0 Å². The van der Waals surface area contributed by atoms with Gasteiger partial charge in [-0.3, -0.25) is 4.79 Å². The maximum atomic E-state index is 13.4. The maximum absolute atomic E-state index is 13.4. The molecular formula is C12H15FN2O3. The molecule has 0 bridgehead atoms. The molecular weight excluding hydrogens is 239 g/mol. The Balaban J connectivity index is 2.64. The molecule has 0 radical (unpaired) electrons. The van der Waals surface area contributed by atoms with Crippen LogP contribution in [0.5, 0.6) is 0 Å². The molecule has 0 unspecified atom stereocenters. The number of anilines is 1. The van der Waals surface area contributed by atoms with E-state index in [2.05, 4.69) is 15.4 Å². The van der Waals surface area contributed by atoms with Gasteiger partial charge in [-0.2, -0.15) is 0 Å². The molecule has 0 fully saturated rings. The van der Waals surface area contributed by atoms with Gasteiger partial charge in [-0.05, 0) is 18.6 Å². The number of amides is 2. The predicted molar refractivity (Wildman–Crippen MR) is 64.8 cm³/mol. The first-order chi connectivity index (χ1) is 8.58. The molecule has 1 aromatic carbocycles.